The third-order valence-corrected chi connectivity index (χ3v) is 3.95. The van der Waals surface area contributed by atoms with Gasteiger partial charge in [-0.15, -0.1) is 0 Å². The molecule has 2 aromatic rings. The van der Waals surface area contributed by atoms with E-state index in [0.717, 1.165) is 17.7 Å². The van der Waals surface area contributed by atoms with Crippen molar-refractivity contribution in [1.82, 2.24) is 4.90 Å². The summed E-state index contributed by atoms with van der Waals surface area (Å²) >= 11 is 0. The number of anilines is 1. The van der Waals surface area contributed by atoms with Crippen LogP contribution < -0.4 is 10.1 Å². The van der Waals surface area contributed by atoms with E-state index < -0.39 is 17.8 Å². The van der Waals surface area contributed by atoms with Gasteiger partial charge in [-0.1, -0.05) is 18.2 Å². The molecule has 0 aromatic heterocycles. The fourth-order valence-electron chi connectivity index (χ4n) is 2.35. The van der Waals surface area contributed by atoms with Crippen LogP contribution in [-0.2, 0) is 6.18 Å². The maximum atomic E-state index is 12.6. The smallest absolute Gasteiger partial charge is 0.416 e. The zero-order valence-corrected chi connectivity index (χ0v) is 14.1. The molecular formula is C18H19F3N2O2. The van der Waals surface area contributed by atoms with Crippen molar-refractivity contribution in [1.29, 1.82) is 0 Å². The number of para-hydroxylation sites is 1. The molecule has 0 heterocycles. The van der Waals surface area contributed by atoms with Crippen LogP contribution in [0, 0.1) is 0 Å². The Bertz CT molecular complexity index is 730. The topological polar surface area (TPSA) is 41.6 Å². The first-order valence-electron chi connectivity index (χ1n) is 7.58. The van der Waals surface area contributed by atoms with Crippen LogP contribution in [0.25, 0.3) is 0 Å². The number of methoxy groups -OCH3 is 1. The largest absolute Gasteiger partial charge is 0.496 e. The first kappa shape index (κ1) is 18.6. The van der Waals surface area contributed by atoms with Crippen LogP contribution in [0.1, 0.15) is 24.1 Å². The fraction of sp³-hybridized carbons (Fsp3) is 0.278. The summed E-state index contributed by atoms with van der Waals surface area (Å²) in [6, 6.07) is 10.9. The van der Waals surface area contributed by atoms with Crippen molar-refractivity contribution in [3.8, 4) is 5.75 Å². The number of carbonyl (C=O) groups excluding carboxylic acids is 1. The number of rotatable bonds is 4. The average molecular weight is 352 g/mol. The van der Waals surface area contributed by atoms with Crippen molar-refractivity contribution >= 4 is 11.7 Å². The molecule has 0 aliphatic carbocycles. The summed E-state index contributed by atoms with van der Waals surface area (Å²) < 4.78 is 43.0. The Labute approximate surface area is 144 Å². The van der Waals surface area contributed by atoms with E-state index in [9.17, 15) is 18.0 Å². The summed E-state index contributed by atoms with van der Waals surface area (Å²) in [6.45, 7) is 1.84. The molecule has 0 saturated heterocycles. The molecule has 2 amide bonds. The van der Waals surface area contributed by atoms with Gasteiger partial charge in [0, 0.05) is 18.3 Å². The number of halogens is 3. The van der Waals surface area contributed by atoms with Crippen LogP contribution in [0.3, 0.4) is 0 Å². The third-order valence-electron chi connectivity index (χ3n) is 3.95. The van der Waals surface area contributed by atoms with Gasteiger partial charge >= 0.3 is 12.2 Å². The lowest BCUT2D eigenvalue weighted by Crippen LogP contribution is -2.33. The molecule has 2 rings (SSSR count). The van der Waals surface area contributed by atoms with Gasteiger partial charge in [0.05, 0.1) is 18.7 Å². The van der Waals surface area contributed by atoms with Gasteiger partial charge in [0.1, 0.15) is 5.75 Å². The first-order valence-corrected chi connectivity index (χ1v) is 7.58. The highest BCUT2D eigenvalue weighted by Gasteiger charge is 2.30. The SMILES string of the molecule is COc1ccccc1[C@@H](C)N(C)C(=O)Nc1ccc(C(F)(F)F)cc1. The van der Waals surface area contributed by atoms with Crippen molar-refractivity contribution in [3.63, 3.8) is 0 Å². The Balaban J connectivity index is 2.09. The fourth-order valence-corrected chi connectivity index (χ4v) is 2.35. The molecule has 0 saturated carbocycles. The van der Waals surface area contributed by atoms with E-state index in [1.807, 2.05) is 25.1 Å². The molecule has 0 aliphatic rings. The second-order valence-corrected chi connectivity index (χ2v) is 5.53. The lowest BCUT2D eigenvalue weighted by atomic mass is 10.1. The number of nitrogens with one attached hydrogen (secondary N) is 1. The number of ether oxygens (including phenoxy) is 1. The van der Waals surface area contributed by atoms with Gasteiger partial charge in [-0.2, -0.15) is 13.2 Å². The van der Waals surface area contributed by atoms with Gasteiger partial charge in [-0.25, -0.2) is 4.79 Å². The van der Waals surface area contributed by atoms with Gasteiger partial charge in [0.2, 0.25) is 0 Å². The zero-order valence-electron chi connectivity index (χ0n) is 14.1. The van der Waals surface area contributed by atoms with Gasteiger partial charge in [-0.05, 0) is 37.3 Å². The molecule has 7 heteroatoms. The van der Waals surface area contributed by atoms with Crippen LogP contribution in [0.4, 0.5) is 23.7 Å². The number of carbonyl (C=O) groups is 1. The summed E-state index contributed by atoms with van der Waals surface area (Å²) in [4.78, 5) is 13.8. The van der Waals surface area contributed by atoms with E-state index >= 15 is 0 Å². The summed E-state index contributed by atoms with van der Waals surface area (Å²) in [5.41, 5.74) is 0.355. The van der Waals surface area contributed by atoms with Crippen LogP contribution in [0.5, 0.6) is 5.75 Å². The van der Waals surface area contributed by atoms with Crippen molar-refractivity contribution < 1.29 is 22.7 Å². The van der Waals surface area contributed by atoms with Crippen molar-refractivity contribution in [2.75, 3.05) is 19.5 Å². The van der Waals surface area contributed by atoms with Crippen molar-refractivity contribution in [2.45, 2.75) is 19.1 Å². The number of urea groups is 1. The number of benzene rings is 2. The number of hydrogen-bond acceptors (Lipinski definition) is 2. The van der Waals surface area contributed by atoms with Crippen molar-refractivity contribution in [3.05, 3.63) is 59.7 Å². The quantitative estimate of drug-likeness (QED) is 0.847. The molecule has 2 aromatic carbocycles. The molecule has 1 atom stereocenters. The average Bonchev–Trinajstić information content (AvgIpc) is 2.60. The summed E-state index contributed by atoms with van der Waals surface area (Å²) in [7, 11) is 3.16. The molecular weight excluding hydrogens is 333 g/mol. The second-order valence-electron chi connectivity index (χ2n) is 5.53. The molecule has 0 fully saturated rings. The number of hydrogen-bond donors (Lipinski definition) is 1. The Kier molecular flexibility index (Phi) is 5.56. The van der Waals surface area contributed by atoms with Crippen LogP contribution in [-0.4, -0.2) is 25.1 Å². The Hall–Kier alpha value is -2.70. The highest BCUT2D eigenvalue weighted by atomic mass is 19.4. The van der Waals surface area contributed by atoms with Gasteiger partial charge in [0.15, 0.2) is 0 Å². The maximum Gasteiger partial charge on any atom is 0.416 e. The summed E-state index contributed by atoms with van der Waals surface area (Å²) in [5, 5.41) is 2.59. The Morgan fingerprint density at radius 1 is 1.12 bits per heavy atom. The minimum Gasteiger partial charge on any atom is -0.496 e. The van der Waals surface area contributed by atoms with E-state index in [1.54, 1.807) is 20.2 Å². The van der Waals surface area contributed by atoms with E-state index in [0.29, 0.717) is 5.75 Å². The molecule has 0 aliphatic heterocycles. The van der Waals surface area contributed by atoms with Crippen molar-refractivity contribution in [2.24, 2.45) is 0 Å². The Morgan fingerprint density at radius 3 is 2.28 bits per heavy atom. The molecule has 0 bridgehead atoms. The molecule has 134 valence electrons. The third kappa shape index (κ3) is 4.43. The molecule has 25 heavy (non-hydrogen) atoms. The van der Waals surface area contributed by atoms with E-state index in [-0.39, 0.29) is 11.7 Å². The van der Waals surface area contributed by atoms with Gasteiger partial charge in [0.25, 0.3) is 0 Å². The molecule has 0 radical (unpaired) electrons. The minimum absolute atomic E-state index is 0.286. The summed E-state index contributed by atoms with van der Waals surface area (Å²) in [5.74, 6) is 0.657. The zero-order chi connectivity index (χ0) is 18.6. The minimum atomic E-state index is -4.41. The summed E-state index contributed by atoms with van der Waals surface area (Å²) in [6.07, 6.45) is -4.41. The number of alkyl halides is 3. The lowest BCUT2D eigenvalue weighted by molar-refractivity contribution is -0.137. The highest BCUT2D eigenvalue weighted by molar-refractivity contribution is 5.89. The van der Waals surface area contributed by atoms with E-state index in [1.165, 1.54) is 17.0 Å². The van der Waals surface area contributed by atoms with Crippen LogP contribution >= 0.6 is 0 Å². The van der Waals surface area contributed by atoms with Crippen LogP contribution in [0.15, 0.2) is 48.5 Å². The van der Waals surface area contributed by atoms with Gasteiger partial charge in [-0.3, -0.25) is 0 Å². The molecule has 0 spiro atoms. The van der Waals surface area contributed by atoms with E-state index in [4.69, 9.17) is 4.74 Å². The number of nitrogens with zero attached hydrogens (tertiary/aromatic N) is 1. The normalized spacial score (nSPS) is 12.4. The first-order chi connectivity index (χ1) is 11.7. The monoisotopic (exact) mass is 352 g/mol. The maximum absolute atomic E-state index is 12.6. The predicted molar refractivity (Wildman–Crippen MR) is 89.6 cm³/mol. The van der Waals surface area contributed by atoms with Crippen LogP contribution in [0.2, 0.25) is 0 Å². The molecule has 1 N–H and O–H groups in total. The number of amides is 2. The predicted octanol–water partition coefficient (Wildman–Crippen LogP) is 4.94. The molecule has 4 nitrogen and oxygen atoms in total. The standard InChI is InChI=1S/C18H19F3N2O2/c1-12(15-6-4-5-7-16(15)25-3)23(2)17(24)22-14-10-8-13(9-11-14)18(19,20)21/h4-12H,1-3H3,(H,22,24)/t12-/m1/s1. The van der Waals surface area contributed by atoms with Gasteiger partial charge < -0.3 is 15.0 Å². The Morgan fingerprint density at radius 2 is 1.72 bits per heavy atom. The van der Waals surface area contributed by atoms with E-state index in [2.05, 4.69) is 5.32 Å². The lowest BCUT2D eigenvalue weighted by Gasteiger charge is -2.26. The second kappa shape index (κ2) is 7.46. The highest BCUT2D eigenvalue weighted by Crippen LogP contribution is 2.31. The molecule has 0 unspecified atom stereocenters.